The second-order valence-corrected chi connectivity index (χ2v) is 9.45. The molecule has 0 atom stereocenters. The molecule has 1 aliphatic heterocycles. The molecule has 146 valence electrons. The molecule has 1 heterocycles. The topological polar surface area (TPSA) is 54.5 Å². The van der Waals surface area contributed by atoms with Gasteiger partial charge in [0.05, 0.1) is 4.90 Å². The van der Waals surface area contributed by atoms with Gasteiger partial charge >= 0.3 is 0 Å². The van der Waals surface area contributed by atoms with Crippen molar-refractivity contribution in [2.75, 3.05) is 13.1 Å². The molecule has 0 saturated carbocycles. The lowest BCUT2D eigenvalue weighted by Gasteiger charge is -2.25. The van der Waals surface area contributed by atoms with Crippen LogP contribution in [-0.4, -0.2) is 31.6 Å². The number of allylic oxidation sites excluding steroid dienone is 2. The summed E-state index contributed by atoms with van der Waals surface area (Å²) < 4.78 is 27.0. The number of ketones is 1. The fourth-order valence-corrected chi connectivity index (χ4v) is 5.54. The van der Waals surface area contributed by atoms with Crippen LogP contribution in [-0.2, 0) is 27.7 Å². The minimum absolute atomic E-state index is 0.148. The van der Waals surface area contributed by atoms with Crippen LogP contribution < -0.4 is 0 Å². The van der Waals surface area contributed by atoms with Gasteiger partial charge in [-0.05, 0) is 54.5 Å². The van der Waals surface area contributed by atoms with Crippen LogP contribution in [0.15, 0.2) is 59.5 Å². The number of fused-ring (bicyclic) bond motifs is 1. The van der Waals surface area contributed by atoms with Crippen LogP contribution in [0, 0.1) is 0 Å². The predicted octanol–water partition coefficient (Wildman–Crippen LogP) is 4.00. The molecule has 1 saturated heterocycles. The third-order valence-electron chi connectivity index (χ3n) is 5.65. The van der Waals surface area contributed by atoms with Crippen molar-refractivity contribution in [3.63, 3.8) is 0 Å². The Balaban J connectivity index is 1.39. The van der Waals surface area contributed by atoms with Gasteiger partial charge in [-0.2, -0.15) is 4.31 Å². The second kappa shape index (κ2) is 8.02. The molecule has 0 N–H and O–H groups in total. The summed E-state index contributed by atoms with van der Waals surface area (Å²) >= 11 is 0. The number of rotatable bonds is 6. The summed E-state index contributed by atoms with van der Waals surface area (Å²) in [6.45, 7) is 1.21. The van der Waals surface area contributed by atoms with E-state index >= 15 is 0 Å². The number of sulfonamides is 1. The molecule has 5 heteroatoms. The van der Waals surface area contributed by atoms with E-state index in [2.05, 4.69) is 6.07 Å². The van der Waals surface area contributed by atoms with Gasteiger partial charge in [-0.25, -0.2) is 8.42 Å². The Kier molecular flexibility index (Phi) is 5.47. The molecular formula is C23H25NO3S. The van der Waals surface area contributed by atoms with Crippen LogP contribution >= 0.6 is 0 Å². The van der Waals surface area contributed by atoms with Crippen LogP contribution in [0.25, 0.3) is 5.57 Å². The molecule has 2 aromatic rings. The summed E-state index contributed by atoms with van der Waals surface area (Å²) in [4.78, 5) is 13.0. The van der Waals surface area contributed by atoms with Crippen molar-refractivity contribution >= 4 is 21.4 Å². The van der Waals surface area contributed by atoms with Crippen molar-refractivity contribution in [1.82, 2.24) is 4.31 Å². The number of nitrogens with zero attached hydrogens (tertiary/aromatic N) is 1. The van der Waals surface area contributed by atoms with E-state index in [0.29, 0.717) is 30.8 Å². The maximum absolute atomic E-state index is 12.7. The lowest BCUT2D eigenvalue weighted by atomic mass is 9.98. The normalized spacial score (nSPS) is 17.2. The van der Waals surface area contributed by atoms with Gasteiger partial charge in [0.25, 0.3) is 0 Å². The third-order valence-corrected chi connectivity index (χ3v) is 7.56. The Morgan fingerprint density at radius 2 is 1.64 bits per heavy atom. The molecule has 28 heavy (non-hydrogen) atoms. The first kappa shape index (κ1) is 19.1. The van der Waals surface area contributed by atoms with E-state index in [1.54, 1.807) is 16.4 Å². The highest BCUT2D eigenvalue weighted by Crippen LogP contribution is 2.29. The molecule has 0 bridgehead atoms. The lowest BCUT2D eigenvalue weighted by Crippen LogP contribution is -2.35. The molecule has 1 aliphatic carbocycles. The fourth-order valence-electron chi connectivity index (χ4n) is 4.02. The predicted molar refractivity (Wildman–Crippen MR) is 111 cm³/mol. The van der Waals surface area contributed by atoms with E-state index < -0.39 is 10.0 Å². The number of Topliss-reactive ketones (excluding diaryl/α,β-unsaturated/α-hetero) is 1. The van der Waals surface area contributed by atoms with E-state index in [0.717, 1.165) is 42.4 Å². The number of piperidine rings is 1. The van der Waals surface area contributed by atoms with Crippen molar-refractivity contribution < 1.29 is 13.2 Å². The van der Waals surface area contributed by atoms with Gasteiger partial charge < -0.3 is 0 Å². The molecule has 4 nitrogen and oxygen atoms in total. The van der Waals surface area contributed by atoms with Crippen molar-refractivity contribution in [3.8, 4) is 0 Å². The Morgan fingerprint density at radius 3 is 2.39 bits per heavy atom. The maximum Gasteiger partial charge on any atom is 0.243 e. The van der Waals surface area contributed by atoms with Crippen molar-refractivity contribution in [3.05, 3.63) is 71.3 Å². The van der Waals surface area contributed by atoms with Crippen LogP contribution in [0.2, 0.25) is 0 Å². The van der Waals surface area contributed by atoms with Crippen LogP contribution in [0.1, 0.15) is 42.4 Å². The Labute approximate surface area is 166 Å². The molecule has 1 fully saturated rings. The quantitative estimate of drug-likeness (QED) is 0.743. The largest absolute Gasteiger partial charge is 0.294 e. The van der Waals surface area contributed by atoms with E-state index in [9.17, 15) is 13.2 Å². The first-order chi connectivity index (χ1) is 13.6. The zero-order valence-corrected chi connectivity index (χ0v) is 16.7. The number of benzene rings is 2. The second-order valence-electron chi connectivity index (χ2n) is 7.51. The van der Waals surface area contributed by atoms with Crippen molar-refractivity contribution in [1.29, 1.82) is 0 Å². The summed E-state index contributed by atoms with van der Waals surface area (Å²) in [5.41, 5.74) is 4.06. The average Bonchev–Trinajstić information content (AvgIpc) is 3.17. The Bertz CT molecular complexity index is 1000. The minimum Gasteiger partial charge on any atom is -0.294 e. The number of carbonyl (C=O) groups is 1. The van der Waals surface area contributed by atoms with Gasteiger partial charge in [0, 0.05) is 25.1 Å². The van der Waals surface area contributed by atoms with Gasteiger partial charge in [-0.1, -0.05) is 48.9 Å². The molecule has 0 amide bonds. The molecule has 0 aromatic heterocycles. The Morgan fingerprint density at radius 1 is 0.929 bits per heavy atom. The van der Waals surface area contributed by atoms with Gasteiger partial charge in [-0.15, -0.1) is 0 Å². The highest BCUT2D eigenvalue weighted by Gasteiger charge is 2.25. The summed E-state index contributed by atoms with van der Waals surface area (Å²) in [5, 5.41) is 0. The van der Waals surface area contributed by atoms with Crippen molar-refractivity contribution in [2.45, 2.75) is 43.4 Å². The van der Waals surface area contributed by atoms with Crippen LogP contribution in [0.4, 0.5) is 0 Å². The summed E-state index contributed by atoms with van der Waals surface area (Å²) in [6, 6.07) is 15.1. The van der Waals surface area contributed by atoms with Gasteiger partial charge in [-0.3, -0.25) is 4.79 Å². The van der Waals surface area contributed by atoms with E-state index in [1.165, 1.54) is 5.56 Å². The molecule has 2 aliphatic rings. The molecular weight excluding hydrogens is 370 g/mol. The van der Waals surface area contributed by atoms with E-state index in [-0.39, 0.29) is 5.78 Å². The Hall–Kier alpha value is -2.24. The summed E-state index contributed by atoms with van der Waals surface area (Å²) in [6.07, 6.45) is 6.83. The first-order valence-electron chi connectivity index (χ1n) is 9.96. The van der Waals surface area contributed by atoms with Gasteiger partial charge in [0.1, 0.15) is 0 Å². The van der Waals surface area contributed by atoms with Crippen LogP contribution in [0.3, 0.4) is 0 Å². The third kappa shape index (κ3) is 3.82. The number of carbonyl (C=O) groups excluding carboxylic acids is 1. The van der Waals surface area contributed by atoms with Gasteiger partial charge in [0.15, 0.2) is 5.78 Å². The van der Waals surface area contributed by atoms with Crippen LogP contribution in [0.5, 0.6) is 0 Å². The molecule has 0 unspecified atom stereocenters. The van der Waals surface area contributed by atoms with Gasteiger partial charge in [0.2, 0.25) is 10.0 Å². The van der Waals surface area contributed by atoms with Crippen molar-refractivity contribution in [2.24, 2.45) is 0 Å². The molecule has 4 rings (SSSR count). The average molecular weight is 396 g/mol. The summed E-state index contributed by atoms with van der Waals surface area (Å²) in [5.74, 6) is 0.148. The monoisotopic (exact) mass is 395 g/mol. The zero-order chi connectivity index (χ0) is 19.6. The lowest BCUT2D eigenvalue weighted by molar-refractivity contribution is -0.113. The summed E-state index contributed by atoms with van der Waals surface area (Å²) in [7, 11) is -3.40. The highest BCUT2D eigenvalue weighted by atomic mass is 32.2. The smallest absolute Gasteiger partial charge is 0.243 e. The SMILES string of the molecule is O=C(CCc1ccc(S(=O)(=O)N2CCCCC2)cc1)C1=CCc2ccccc21. The molecule has 0 radical (unpaired) electrons. The molecule has 0 spiro atoms. The maximum atomic E-state index is 12.7. The first-order valence-corrected chi connectivity index (χ1v) is 11.4. The zero-order valence-electron chi connectivity index (χ0n) is 15.9. The number of hydrogen-bond acceptors (Lipinski definition) is 3. The molecule has 2 aromatic carbocycles. The highest BCUT2D eigenvalue weighted by molar-refractivity contribution is 7.89. The van der Waals surface area contributed by atoms with E-state index in [1.807, 2.05) is 36.4 Å². The fraction of sp³-hybridized carbons (Fsp3) is 0.348. The minimum atomic E-state index is -3.40. The van der Waals surface area contributed by atoms with E-state index in [4.69, 9.17) is 0 Å². The standard InChI is InChI=1S/C23H25NO3S/c25-23(22-14-11-19-6-2-3-7-21(19)22)15-10-18-8-12-20(13-9-18)28(26,27)24-16-4-1-5-17-24/h2-3,6-9,12-14H,1,4-5,10-11,15-17H2. The number of hydrogen-bond donors (Lipinski definition) is 0. The number of aryl methyl sites for hydroxylation is 1.